The quantitative estimate of drug-likeness (QED) is 0.648. The minimum Gasteiger partial charge on any atom is -0.496 e. The highest BCUT2D eigenvalue weighted by Crippen LogP contribution is 2.25. The van der Waals surface area contributed by atoms with Crippen LogP contribution in [0.4, 0.5) is 4.79 Å². The van der Waals surface area contributed by atoms with Crippen LogP contribution < -0.4 is 4.74 Å². The summed E-state index contributed by atoms with van der Waals surface area (Å²) >= 11 is 0. The number of hydrogen-bond donors (Lipinski definition) is 0. The van der Waals surface area contributed by atoms with Crippen LogP contribution in [-0.4, -0.2) is 88.5 Å². The third-order valence-corrected chi connectivity index (χ3v) is 6.61. The first kappa shape index (κ1) is 23.0. The van der Waals surface area contributed by atoms with Crippen molar-refractivity contribution >= 4 is 22.0 Å². The normalized spacial score (nSPS) is 14.8. The van der Waals surface area contributed by atoms with E-state index >= 15 is 0 Å². The molecule has 1 aromatic rings. The zero-order chi connectivity index (χ0) is 21.6. The molecule has 0 bridgehead atoms. The van der Waals surface area contributed by atoms with Gasteiger partial charge in [-0.1, -0.05) is 0 Å². The van der Waals surface area contributed by atoms with Crippen LogP contribution >= 0.6 is 0 Å². The summed E-state index contributed by atoms with van der Waals surface area (Å²) in [6, 6.07) is 4.66. The van der Waals surface area contributed by atoms with Gasteiger partial charge in [0.25, 0.3) is 0 Å². The van der Waals surface area contributed by atoms with Gasteiger partial charge in [-0.25, -0.2) is 17.5 Å². The molecule has 29 heavy (non-hydrogen) atoms. The van der Waals surface area contributed by atoms with Gasteiger partial charge in [-0.15, -0.1) is 0 Å². The maximum atomic E-state index is 12.6. The van der Waals surface area contributed by atoms with E-state index in [2.05, 4.69) is 0 Å². The maximum Gasteiger partial charge on any atom is 0.409 e. The van der Waals surface area contributed by atoms with E-state index in [1.165, 1.54) is 27.3 Å². The second-order valence-corrected chi connectivity index (χ2v) is 8.98. The van der Waals surface area contributed by atoms with E-state index in [9.17, 15) is 18.0 Å². The highest BCUT2D eigenvalue weighted by atomic mass is 32.2. The average Bonchev–Trinajstić information content (AvgIpc) is 2.71. The molecular formula is C19H29N3O6S. The number of sulfonamides is 1. The molecule has 1 saturated heterocycles. The van der Waals surface area contributed by atoms with Crippen molar-refractivity contribution in [2.24, 2.45) is 0 Å². The van der Waals surface area contributed by atoms with Gasteiger partial charge in [0.05, 0.1) is 18.6 Å². The number of piperazine rings is 1. The number of rotatable bonds is 7. The van der Waals surface area contributed by atoms with Crippen molar-refractivity contribution in [3.05, 3.63) is 23.8 Å². The van der Waals surface area contributed by atoms with Crippen LogP contribution in [0, 0.1) is 0 Å². The van der Waals surface area contributed by atoms with Crippen LogP contribution in [0.25, 0.3) is 0 Å². The van der Waals surface area contributed by atoms with E-state index in [1.54, 1.807) is 28.9 Å². The molecule has 9 nitrogen and oxygen atoms in total. The van der Waals surface area contributed by atoms with E-state index in [0.29, 0.717) is 50.5 Å². The van der Waals surface area contributed by atoms with E-state index in [0.717, 1.165) is 4.31 Å². The van der Waals surface area contributed by atoms with Crippen molar-refractivity contribution < 1.29 is 27.5 Å². The van der Waals surface area contributed by atoms with E-state index in [1.807, 2.05) is 0 Å². The third-order valence-electron chi connectivity index (χ3n) is 4.80. The smallest absolute Gasteiger partial charge is 0.409 e. The number of benzene rings is 1. The Morgan fingerprint density at radius 2 is 1.72 bits per heavy atom. The van der Waals surface area contributed by atoms with Crippen LogP contribution in [0.2, 0.25) is 0 Å². The SMILES string of the molecule is CCOC(=O)N1CCN(C(=O)CCc2cc(S(=O)(=O)N(C)C)ccc2OC)CC1. The van der Waals surface area contributed by atoms with Crippen molar-refractivity contribution in [2.45, 2.75) is 24.7 Å². The molecule has 10 heteroatoms. The summed E-state index contributed by atoms with van der Waals surface area (Å²) in [4.78, 5) is 27.8. The Labute approximate surface area is 172 Å². The van der Waals surface area contributed by atoms with Crippen molar-refractivity contribution in [2.75, 3.05) is 54.0 Å². The van der Waals surface area contributed by atoms with E-state index in [-0.39, 0.29) is 23.3 Å². The molecular weight excluding hydrogens is 398 g/mol. The molecule has 1 fully saturated rings. The highest BCUT2D eigenvalue weighted by Gasteiger charge is 2.25. The third kappa shape index (κ3) is 5.60. The van der Waals surface area contributed by atoms with Gasteiger partial charge in [-0.2, -0.15) is 0 Å². The summed E-state index contributed by atoms with van der Waals surface area (Å²) in [7, 11) is 0.882. The second-order valence-electron chi connectivity index (χ2n) is 6.83. The predicted molar refractivity (Wildman–Crippen MR) is 107 cm³/mol. The van der Waals surface area contributed by atoms with Crippen molar-refractivity contribution in [3.63, 3.8) is 0 Å². The topological polar surface area (TPSA) is 96.5 Å². The van der Waals surface area contributed by atoms with E-state index in [4.69, 9.17) is 9.47 Å². The summed E-state index contributed by atoms with van der Waals surface area (Å²) in [5.74, 6) is 0.499. The molecule has 162 valence electrons. The van der Waals surface area contributed by atoms with Crippen LogP contribution in [-0.2, 0) is 26.0 Å². The minimum absolute atomic E-state index is 0.0450. The highest BCUT2D eigenvalue weighted by molar-refractivity contribution is 7.89. The molecule has 1 heterocycles. The molecule has 0 radical (unpaired) electrons. The first-order valence-corrected chi connectivity index (χ1v) is 10.9. The van der Waals surface area contributed by atoms with E-state index < -0.39 is 10.0 Å². The number of amides is 2. The summed E-state index contributed by atoms with van der Waals surface area (Å²) < 4.78 is 36.2. The largest absolute Gasteiger partial charge is 0.496 e. The monoisotopic (exact) mass is 427 g/mol. The number of hydrogen-bond acceptors (Lipinski definition) is 6. The molecule has 1 aromatic carbocycles. The molecule has 0 saturated carbocycles. The van der Waals surface area contributed by atoms with Crippen LogP contribution in [0.3, 0.4) is 0 Å². The predicted octanol–water partition coefficient (Wildman–Crippen LogP) is 1.18. The summed E-state index contributed by atoms with van der Waals surface area (Å²) in [6.07, 6.45) is 0.223. The Hall–Kier alpha value is -2.33. The van der Waals surface area contributed by atoms with Crippen LogP contribution in [0.5, 0.6) is 5.75 Å². The van der Waals surface area contributed by atoms with Gasteiger partial charge < -0.3 is 19.3 Å². The first-order valence-electron chi connectivity index (χ1n) is 9.49. The standard InChI is InChI=1S/C19H29N3O6S/c1-5-28-19(24)22-12-10-21(11-13-22)18(23)9-6-15-14-16(7-8-17(15)27-4)29(25,26)20(2)3/h7-8,14H,5-6,9-13H2,1-4H3. The summed E-state index contributed by atoms with van der Waals surface area (Å²) in [5.41, 5.74) is 0.661. The van der Waals surface area contributed by atoms with Gasteiger partial charge in [0.2, 0.25) is 15.9 Å². The van der Waals surface area contributed by atoms with Gasteiger partial charge in [-0.05, 0) is 37.1 Å². The lowest BCUT2D eigenvalue weighted by atomic mass is 10.1. The number of nitrogens with zero attached hydrogens (tertiary/aromatic N) is 3. The number of carbonyl (C=O) groups is 2. The molecule has 0 spiro atoms. The van der Waals surface area contributed by atoms with Crippen LogP contribution in [0.1, 0.15) is 18.9 Å². The second kappa shape index (κ2) is 9.93. The van der Waals surface area contributed by atoms with Crippen molar-refractivity contribution in [1.29, 1.82) is 0 Å². The average molecular weight is 428 g/mol. The van der Waals surface area contributed by atoms with Crippen molar-refractivity contribution in [1.82, 2.24) is 14.1 Å². The minimum atomic E-state index is -3.57. The van der Waals surface area contributed by atoms with Gasteiger partial charge in [0.15, 0.2) is 0 Å². The maximum absolute atomic E-state index is 12.6. The molecule has 0 N–H and O–H groups in total. The molecule has 1 aliphatic heterocycles. The van der Waals surface area contributed by atoms with Gasteiger partial charge >= 0.3 is 6.09 Å². The molecule has 2 amide bonds. The fourth-order valence-corrected chi connectivity index (χ4v) is 4.03. The Bertz CT molecular complexity index is 832. The Morgan fingerprint density at radius 3 is 2.28 bits per heavy atom. The summed E-state index contributed by atoms with van der Waals surface area (Å²) in [6.45, 7) is 3.84. The fraction of sp³-hybridized carbons (Fsp3) is 0.579. The lowest BCUT2D eigenvalue weighted by Crippen LogP contribution is -2.50. The molecule has 2 rings (SSSR count). The van der Waals surface area contributed by atoms with Crippen molar-refractivity contribution in [3.8, 4) is 5.75 Å². The molecule has 0 unspecified atom stereocenters. The number of carbonyl (C=O) groups excluding carboxylic acids is 2. The van der Waals surface area contributed by atoms with Gasteiger partial charge in [-0.3, -0.25) is 4.79 Å². The van der Waals surface area contributed by atoms with Crippen LogP contribution in [0.15, 0.2) is 23.1 Å². The Kier molecular flexibility index (Phi) is 7.86. The molecule has 0 atom stereocenters. The molecule has 1 aliphatic rings. The fourth-order valence-electron chi connectivity index (χ4n) is 3.07. The summed E-state index contributed by atoms with van der Waals surface area (Å²) in [5, 5.41) is 0. The Morgan fingerprint density at radius 1 is 1.10 bits per heavy atom. The zero-order valence-corrected chi connectivity index (χ0v) is 18.2. The molecule has 0 aliphatic carbocycles. The lowest BCUT2D eigenvalue weighted by Gasteiger charge is -2.34. The first-order chi connectivity index (χ1) is 13.7. The zero-order valence-electron chi connectivity index (χ0n) is 17.4. The lowest BCUT2D eigenvalue weighted by molar-refractivity contribution is -0.132. The van der Waals surface area contributed by atoms with Gasteiger partial charge in [0.1, 0.15) is 5.75 Å². The Balaban J connectivity index is 2.00. The molecule has 0 aromatic heterocycles. The number of ether oxygens (including phenoxy) is 2. The number of methoxy groups -OCH3 is 1. The number of aryl methyl sites for hydroxylation is 1. The van der Waals surface area contributed by atoms with Gasteiger partial charge in [0, 0.05) is 46.7 Å².